The molecular formula is C22H32N4O2S. The van der Waals surface area contributed by atoms with Crippen molar-refractivity contribution in [2.24, 2.45) is 4.99 Å². The minimum absolute atomic E-state index is 0.354. The number of likely N-dealkylation sites (tertiary alicyclic amines) is 1. The molecular weight excluding hydrogens is 384 g/mol. The number of hydrogen-bond donors (Lipinski definition) is 1. The number of nitrogens with zero attached hydrogens (tertiary/aromatic N) is 3. The van der Waals surface area contributed by atoms with Crippen molar-refractivity contribution in [2.45, 2.75) is 31.8 Å². The molecule has 1 aliphatic rings. The number of aliphatic imine (C=N–C) groups is 1. The van der Waals surface area contributed by atoms with E-state index in [9.17, 15) is 0 Å². The third-order valence-electron chi connectivity index (χ3n) is 5.04. The zero-order chi connectivity index (χ0) is 20.3. The minimum Gasteiger partial charge on any atom is -0.385 e. The Kier molecular flexibility index (Phi) is 8.92. The monoisotopic (exact) mass is 416 g/mol. The molecule has 0 atom stereocenters. The standard InChI is InChI=1S/C22H32N4O2S/c1-23-22(26-13-10-20(11-14-26)28-16-6-15-27-2)24-12-9-19-17-29-21(25-19)18-7-4-3-5-8-18/h3-5,7-8,17,20H,6,9-16H2,1-2H3,(H,23,24). The predicted molar refractivity (Wildman–Crippen MR) is 120 cm³/mol. The second kappa shape index (κ2) is 11.9. The molecule has 1 saturated heterocycles. The van der Waals surface area contributed by atoms with Gasteiger partial charge in [-0.05, 0) is 19.3 Å². The quantitative estimate of drug-likeness (QED) is 0.385. The third kappa shape index (κ3) is 6.80. The summed E-state index contributed by atoms with van der Waals surface area (Å²) in [4.78, 5) is 11.6. The SMILES string of the molecule is CN=C(NCCc1csc(-c2ccccc2)n1)N1CCC(OCCCOC)CC1. The van der Waals surface area contributed by atoms with Crippen LogP contribution in [0.1, 0.15) is 25.0 Å². The fraction of sp³-hybridized carbons (Fsp3) is 0.545. The van der Waals surface area contributed by atoms with Crippen molar-refractivity contribution in [3.05, 3.63) is 41.4 Å². The van der Waals surface area contributed by atoms with E-state index >= 15 is 0 Å². The Bertz CT molecular complexity index is 742. The maximum Gasteiger partial charge on any atom is 0.193 e. The Morgan fingerprint density at radius 2 is 2.03 bits per heavy atom. The summed E-state index contributed by atoms with van der Waals surface area (Å²) in [5.74, 6) is 0.973. The molecule has 1 aromatic heterocycles. The number of piperidine rings is 1. The second-order valence-electron chi connectivity index (χ2n) is 7.14. The van der Waals surface area contributed by atoms with Crippen LogP contribution < -0.4 is 5.32 Å². The highest BCUT2D eigenvalue weighted by Gasteiger charge is 2.21. The highest BCUT2D eigenvalue weighted by Crippen LogP contribution is 2.23. The third-order valence-corrected chi connectivity index (χ3v) is 5.98. The average molecular weight is 417 g/mol. The molecule has 1 aromatic carbocycles. The number of guanidine groups is 1. The van der Waals surface area contributed by atoms with Crippen LogP contribution in [0.25, 0.3) is 10.6 Å². The van der Waals surface area contributed by atoms with Crippen molar-refractivity contribution < 1.29 is 9.47 Å². The second-order valence-corrected chi connectivity index (χ2v) is 8.00. The van der Waals surface area contributed by atoms with Crippen LogP contribution in [0.15, 0.2) is 40.7 Å². The van der Waals surface area contributed by atoms with Gasteiger partial charge in [0.15, 0.2) is 5.96 Å². The molecule has 2 aromatic rings. The van der Waals surface area contributed by atoms with E-state index in [0.717, 1.165) is 75.2 Å². The van der Waals surface area contributed by atoms with Crippen LogP contribution in [0.4, 0.5) is 0 Å². The molecule has 7 heteroatoms. The van der Waals surface area contributed by atoms with Crippen molar-refractivity contribution in [3.8, 4) is 10.6 Å². The lowest BCUT2D eigenvalue weighted by Crippen LogP contribution is -2.47. The molecule has 0 saturated carbocycles. The van der Waals surface area contributed by atoms with E-state index in [0.29, 0.717) is 6.10 Å². The molecule has 1 fully saturated rings. The van der Waals surface area contributed by atoms with E-state index in [-0.39, 0.29) is 0 Å². The van der Waals surface area contributed by atoms with Gasteiger partial charge >= 0.3 is 0 Å². The van der Waals surface area contributed by atoms with Crippen molar-refractivity contribution in [1.82, 2.24) is 15.2 Å². The number of hydrogen-bond acceptors (Lipinski definition) is 5. The van der Waals surface area contributed by atoms with Crippen LogP contribution in [-0.4, -0.2) is 69.0 Å². The summed E-state index contributed by atoms with van der Waals surface area (Å²) >= 11 is 1.70. The fourth-order valence-electron chi connectivity index (χ4n) is 3.46. The van der Waals surface area contributed by atoms with Crippen molar-refractivity contribution >= 4 is 17.3 Å². The minimum atomic E-state index is 0.354. The molecule has 1 aliphatic heterocycles. The van der Waals surface area contributed by atoms with Crippen molar-refractivity contribution in [1.29, 1.82) is 0 Å². The van der Waals surface area contributed by atoms with Crippen LogP contribution >= 0.6 is 11.3 Å². The highest BCUT2D eigenvalue weighted by atomic mass is 32.1. The largest absolute Gasteiger partial charge is 0.385 e. The van der Waals surface area contributed by atoms with Gasteiger partial charge in [-0.3, -0.25) is 4.99 Å². The van der Waals surface area contributed by atoms with Gasteiger partial charge in [0, 0.05) is 64.4 Å². The van der Waals surface area contributed by atoms with Gasteiger partial charge in [-0.25, -0.2) is 4.98 Å². The molecule has 2 heterocycles. The first-order valence-corrected chi connectivity index (χ1v) is 11.2. The molecule has 158 valence electrons. The van der Waals surface area contributed by atoms with Crippen molar-refractivity contribution in [2.75, 3.05) is 47.0 Å². The summed E-state index contributed by atoms with van der Waals surface area (Å²) in [5.41, 5.74) is 2.31. The first-order valence-electron chi connectivity index (χ1n) is 10.4. The van der Waals surface area contributed by atoms with Gasteiger partial charge in [0.1, 0.15) is 5.01 Å². The van der Waals surface area contributed by atoms with E-state index in [1.165, 1.54) is 5.56 Å². The molecule has 6 nitrogen and oxygen atoms in total. The normalized spacial score (nSPS) is 15.7. The maximum atomic E-state index is 5.95. The van der Waals surface area contributed by atoms with Gasteiger partial charge in [0.2, 0.25) is 0 Å². The fourth-order valence-corrected chi connectivity index (χ4v) is 4.32. The Labute approximate surface area is 178 Å². The highest BCUT2D eigenvalue weighted by molar-refractivity contribution is 7.13. The molecule has 0 bridgehead atoms. The molecule has 1 N–H and O–H groups in total. The Morgan fingerprint density at radius 3 is 2.76 bits per heavy atom. The zero-order valence-electron chi connectivity index (χ0n) is 17.5. The smallest absolute Gasteiger partial charge is 0.193 e. The van der Waals surface area contributed by atoms with Crippen LogP contribution in [0, 0.1) is 0 Å². The zero-order valence-corrected chi connectivity index (χ0v) is 18.3. The van der Waals surface area contributed by atoms with Gasteiger partial charge in [0.05, 0.1) is 11.8 Å². The number of ether oxygens (including phenoxy) is 2. The topological polar surface area (TPSA) is 59.0 Å². The molecule has 29 heavy (non-hydrogen) atoms. The Hall–Kier alpha value is -1.96. The molecule has 0 spiro atoms. The molecule has 0 unspecified atom stereocenters. The van der Waals surface area contributed by atoms with E-state index in [1.54, 1.807) is 18.4 Å². The van der Waals surface area contributed by atoms with Gasteiger partial charge in [-0.15, -0.1) is 11.3 Å². The number of benzene rings is 1. The molecule has 0 radical (unpaired) electrons. The first kappa shape index (κ1) is 21.7. The van der Waals surface area contributed by atoms with E-state index in [2.05, 4.69) is 44.9 Å². The number of methoxy groups -OCH3 is 1. The summed E-state index contributed by atoms with van der Waals surface area (Å²) in [6.07, 6.45) is 4.29. The number of aromatic nitrogens is 1. The lowest BCUT2D eigenvalue weighted by Gasteiger charge is -2.34. The summed E-state index contributed by atoms with van der Waals surface area (Å²) < 4.78 is 11.0. The lowest BCUT2D eigenvalue weighted by molar-refractivity contribution is 0.00992. The number of nitrogens with one attached hydrogen (secondary N) is 1. The van der Waals surface area contributed by atoms with Crippen LogP contribution in [0.2, 0.25) is 0 Å². The van der Waals surface area contributed by atoms with Crippen LogP contribution in [0.5, 0.6) is 0 Å². The lowest BCUT2D eigenvalue weighted by atomic mass is 10.1. The maximum absolute atomic E-state index is 5.95. The summed E-state index contributed by atoms with van der Waals surface area (Å²) in [5, 5.41) is 6.73. The molecule has 3 rings (SSSR count). The van der Waals surface area contributed by atoms with Gasteiger partial charge in [-0.1, -0.05) is 30.3 Å². The summed E-state index contributed by atoms with van der Waals surface area (Å²) in [6, 6.07) is 10.3. The number of thiazole rings is 1. The van der Waals surface area contributed by atoms with Crippen molar-refractivity contribution in [3.63, 3.8) is 0 Å². The van der Waals surface area contributed by atoms with Crippen LogP contribution in [-0.2, 0) is 15.9 Å². The summed E-state index contributed by atoms with van der Waals surface area (Å²) in [7, 11) is 3.58. The van der Waals surface area contributed by atoms with Crippen LogP contribution in [0.3, 0.4) is 0 Å². The average Bonchev–Trinajstić information content (AvgIpc) is 3.25. The number of rotatable bonds is 9. The summed E-state index contributed by atoms with van der Waals surface area (Å²) in [6.45, 7) is 4.33. The van der Waals surface area contributed by atoms with Gasteiger partial charge < -0.3 is 19.7 Å². The van der Waals surface area contributed by atoms with Gasteiger partial charge in [0.25, 0.3) is 0 Å². The first-order chi connectivity index (χ1) is 14.3. The molecule has 0 aliphatic carbocycles. The Morgan fingerprint density at radius 1 is 1.24 bits per heavy atom. The van der Waals surface area contributed by atoms with Gasteiger partial charge in [-0.2, -0.15) is 0 Å². The molecule has 0 amide bonds. The predicted octanol–water partition coefficient (Wildman–Crippen LogP) is 3.45. The van der Waals surface area contributed by atoms with E-state index < -0.39 is 0 Å². The Balaban J connectivity index is 1.38. The van der Waals surface area contributed by atoms with E-state index in [1.807, 2.05) is 13.1 Å². The van der Waals surface area contributed by atoms with E-state index in [4.69, 9.17) is 14.5 Å².